The maximum atomic E-state index is 13.6. The minimum absolute atomic E-state index is 0.0167. The summed E-state index contributed by atoms with van der Waals surface area (Å²) in [7, 11) is 1.60. The predicted octanol–water partition coefficient (Wildman–Crippen LogP) is 4.89. The number of alkyl halides is 3. The quantitative estimate of drug-likeness (QED) is 0.636. The van der Waals surface area contributed by atoms with Crippen molar-refractivity contribution in [3.8, 4) is 6.07 Å². The Hall–Kier alpha value is -3.80. The average molecular weight is 483 g/mol. The van der Waals surface area contributed by atoms with Crippen LogP contribution < -0.4 is 15.1 Å². The first-order chi connectivity index (χ1) is 16.6. The van der Waals surface area contributed by atoms with Gasteiger partial charge in [0, 0.05) is 19.2 Å². The third-order valence-electron chi connectivity index (χ3n) is 6.76. The lowest BCUT2D eigenvalue weighted by atomic mass is 9.75. The number of carbonyl (C=O) groups excluding carboxylic acids is 2. The number of nitriles is 1. The number of aryl methyl sites for hydroxylation is 1. The van der Waals surface area contributed by atoms with Gasteiger partial charge in [-0.15, -0.1) is 0 Å². The maximum absolute atomic E-state index is 13.6. The molecule has 0 atom stereocenters. The van der Waals surface area contributed by atoms with Crippen molar-refractivity contribution in [2.24, 2.45) is 0 Å². The molecule has 2 aromatic rings. The summed E-state index contributed by atoms with van der Waals surface area (Å²) in [6.07, 6.45) is -0.926. The van der Waals surface area contributed by atoms with Crippen LogP contribution in [-0.4, -0.2) is 24.4 Å². The number of amides is 2. The van der Waals surface area contributed by atoms with Crippen molar-refractivity contribution in [2.45, 2.75) is 50.2 Å². The van der Waals surface area contributed by atoms with Crippen LogP contribution in [0.1, 0.15) is 48.8 Å². The van der Waals surface area contributed by atoms with Gasteiger partial charge >= 0.3 is 6.18 Å². The Balaban J connectivity index is 1.64. The standard InChI is InChI=1S/C26H25F3N4O2/c1-17-32(21-12-9-19(16-30)22(15-21)26(27,28)29)24(35)25(13-4-14-25)33(17)20-10-7-18(8-11-20)5-3-6-23(34)31-2/h7-12,15H,1,3-6,13-14H2,2H3,(H,31,34). The fourth-order valence-electron chi connectivity index (χ4n) is 4.77. The molecule has 1 saturated carbocycles. The van der Waals surface area contributed by atoms with Crippen LogP contribution in [0.15, 0.2) is 54.9 Å². The highest BCUT2D eigenvalue weighted by Gasteiger charge is 2.58. The summed E-state index contributed by atoms with van der Waals surface area (Å²) in [5.41, 5.74) is -0.670. The molecule has 35 heavy (non-hydrogen) atoms. The zero-order chi connectivity index (χ0) is 25.4. The lowest BCUT2D eigenvalue weighted by molar-refractivity contribution is -0.137. The van der Waals surface area contributed by atoms with E-state index in [9.17, 15) is 22.8 Å². The molecule has 2 amide bonds. The highest BCUT2D eigenvalue weighted by Crippen LogP contribution is 2.50. The van der Waals surface area contributed by atoms with Crippen molar-refractivity contribution in [1.29, 1.82) is 5.26 Å². The summed E-state index contributed by atoms with van der Waals surface area (Å²) in [5.74, 6) is -0.0573. The SMILES string of the molecule is C=C1N(c2ccc(C#N)c(C(F)(F)F)c2)C(=O)C2(CCC2)N1c1ccc(CCCC(=O)NC)cc1. The number of halogens is 3. The molecule has 0 unspecified atom stereocenters. The van der Waals surface area contributed by atoms with Crippen LogP contribution in [0.2, 0.25) is 0 Å². The molecule has 1 aliphatic heterocycles. The second-order valence-corrected chi connectivity index (χ2v) is 8.81. The topological polar surface area (TPSA) is 76.4 Å². The van der Waals surface area contributed by atoms with Crippen LogP contribution >= 0.6 is 0 Å². The van der Waals surface area contributed by atoms with Crippen molar-refractivity contribution in [1.82, 2.24) is 5.32 Å². The van der Waals surface area contributed by atoms with Crippen LogP contribution in [0.5, 0.6) is 0 Å². The Morgan fingerprint density at radius 2 is 1.83 bits per heavy atom. The molecular weight excluding hydrogens is 457 g/mol. The van der Waals surface area contributed by atoms with Gasteiger partial charge in [0.25, 0.3) is 5.91 Å². The molecule has 0 aromatic heterocycles. The molecule has 9 heteroatoms. The summed E-state index contributed by atoms with van der Waals surface area (Å²) in [6.45, 7) is 4.07. The minimum Gasteiger partial charge on any atom is -0.359 e. The van der Waals surface area contributed by atoms with Crippen LogP contribution in [-0.2, 0) is 22.2 Å². The molecule has 2 aromatic carbocycles. The lowest BCUT2D eigenvalue weighted by Gasteiger charge is -2.43. The van der Waals surface area contributed by atoms with Gasteiger partial charge in [-0.25, -0.2) is 0 Å². The van der Waals surface area contributed by atoms with Crippen LogP contribution in [0.3, 0.4) is 0 Å². The molecule has 4 rings (SSSR count). The van der Waals surface area contributed by atoms with Crippen molar-refractivity contribution in [2.75, 3.05) is 16.8 Å². The molecule has 2 fully saturated rings. The normalized spacial score (nSPS) is 16.9. The van der Waals surface area contributed by atoms with Gasteiger partial charge in [-0.3, -0.25) is 14.5 Å². The second-order valence-electron chi connectivity index (χ2n) is 8.81. The van der Waals surface area contributed by atoms with E-state index in [-0.39, 0.29) is 23.3 Å². The van der Waals surface area contributed by atoms with Crippen LogP contribution in [0.25, 0.3) is 0 Å². The van der Waals surface area contributed by atoms with Gasteiger partial charge in [-0.1, -0.05) is 18.7 Å². The fraction of sp³-hybridized carbons (Fsp3) is 0.346. The van der Waals surface area contributed by atoms with E-state index in [0.717, 1.165) is 36.2 Å². The van der Waals surface area contributed by atoms with Gasteiger partial charge in [-0.05, 0) is 68.0 Å². The van der Waals surface area contributed by atoms with E-state index in [2.05, 4.69) is 11.9 Å². The number of rotatable bonds is 6. The number of anilines is 2. The van der Waals surface area contributed by atoms with Gasteiger partial charge < -0.3 is 10.2 Å². The van der Waals surface area contributed by atoms with Crippen molar-refractivity contribution in [3.05, 3.63) is 71.6 Å². The van der Waals surface area contributed by atoms with E-state index in [4.69, 9.17) is 5.26 Å². The predicted molar refractivity (Wildman–Crippen MR) is 125 cm³/mol. The van der Waals surface area contributed by atoms with Crippen molar-refractivity contribution in [3.63, 3.8) is 0 Å². The Bertz CT molecular complexity index is 1210. The minimum atomic E-state index is -4.73. The number of hydrogen-bond donors (Lipinski definition) is 1. The maximum Gasteiger partial charge on any atom is 0.417 e. The van der Waals surface area contributed by atoms with E-state index in [0.29, 0.717) is 25.7 Å². The fourth-order valence-corrected chi connectivity index (χ4v) is 4.77. The van der Waals surface area contributed by atoms with E-state index < -0.39 is 22.8 Å². The first-order valence-corrected chi connectivity index (χ1v) is 11.4. The Kier molecular flexibility index (Phi) is 6.32. The molecule has 1 heterocycles. The summed E-state index contributed by atoms with van der Waals surface area (Å²) in [5, 5.41) is 11.7. The highest BCUT2D eigenvalue weighted by atomic mass is 19.4. The van der Waals surface area contributed by atoms with Gasteiger partial charge in [0.05, 0.1) is 22.9 Å². The summed E-state index contributed by atoms with van der Waals surface area (Å²) < 4.78 is 40.6. The molecule has 2 aliphatic rings. The molecule has 1 aliphatic carbocycles. The number of nitrogens with zero attached hydrogens (tertiary/aromatic N) is 3. The van der Waals surface area contributed by atoms with E-state index in [1.807, 2.05) is 29.2 Å². The number of nitrogens with one attached hydrogen (secondary N) is 1. The van der Waals surface area contributed by atoms with Gasteiger partial charge in [0.15, 0.2) is 0 Å². The van der Waals surface area contributed by atoms with Crippen molar-refractivity contribution >= 4 is 23.2 Å². The third kappa shape index (κ3) is 4.25. The Morgan fingerprint density at radius 3 is 2.37 bits per heavy atom. The largest absolute Gasteiger partial charge is 0.417 e. The first kappa shape index (κ1) is 24.3. The molecule has 1 saturated heterocycles. The number of hydrogen-bond acceptors (Lipinski definition) is 4. The molecule has 0 radical (unpaired) electrons. The number of benzene rings is 2. The molecule has 1 N–H and O–H groups in total. The third-order valence-corrected chi connectivity index (χ3v) is 6.76. The Labute approximate surface area is 201 Å². The summed E-state index contributed by atoms with van der Waals surface area (Å²) in [6, 6.07) is 12.4. The highest BCUT2D eigenvalue weighted by molar-refractivity contribution is 6.11. The molecular formula is C26H25F3N4O2. The summed E-state index contributed by atoms with van der Waals surface area (Å²) in [4.78, 5) is 28.0. The molecule has 182 valence electrons. The zero-order valence-electron chi connectivity index (χ0n) is 19.3. The van der Waals surface area contributed by atoms with E-state index >= 15 is 0 Å². The zero-order valence-corrected chi connectivity index (χ0v) is 19.3. The van der Waals surface area contributed by atoms with Crippen LogP contribution in [0, 0.1) is 11.3 Å². The van der Waals surface area contributed by atoms with E-state index in [1.165, 1.54) is 11.0 Å². The number of carbonyl (C=O) groups is 2. The van der Waals surface area contributed by atoms with Gasteiger partial charge in [-0.2, -0.15) is 18.4 Å². The second kappa shape index (κ2) is 9.10. The van der Waals surface area contributed by atoms with Gasteiger partial charge in [0.2, 0.25) is 5.91 Å². The molecule has 6 nitrogen and oxygen atoms in total. The smallest absolute Gasteiger partial charge is 0.359 e. The van der Waals surface area contributed by atoms with E-state index in [1.54, 1.807) is 13.1 Å². The molecule has 1 spiro atoms. The van der Waals surface area contributed by atoms with Crippen molar-refractivity contribution < 1.29 is 22.8 Å². The first-order valence-electron chi connectivity index (χ1n) is 11.4. The lowest BCUT2D eigenvalue weighted by Crippen LogP contribution is -2.54. The van der Waals surface area contributed by atoms with Gasteiger partial charge in [0.1, 0.15) is 11.4 Å². The Morgan fingerprint density at radius 1 is 1.17 bits per heavy atom. The summed E-state index contributed by atoms with van der Waals surface area (Å²) >= 11 is 0. The molecule has 0 bridgehead atoms. The monoisotopic (exact) mass is 482 g/mol. The average Bonchev–Trinajstić information content (AvgIpc) is 3.05. The van der Waals surface area contributed by atoms with Crippen LogP contribution in [0.4, 0.5) is 24.5 Å².